The molecule has 3 aromatic rings. The molecule has 0 aliphatic rings. The van der Waals surface area contributed by atoms with Crippen LogP contribution in [0.5, 0.6) is 5.75 Å². The second-order valence-corrected chi connectivity index (χ2v) is 6.85. The van der Waals surface area contributed by atoms with Gasteiger partial charge in [-0.1, -0.05) is 12.1 Å². The van der Waals surface area contributed by atoms with Crippen LogP contribution >= 0.6 is 0 Å². The van der Waals surface area contributed by atoms with Crippen molar-refractivity contribution in [3.63, 3.8) is 0 Å². The molecule has 3 rings (SSSR count). The van der Waals surface area contributed by atoms with Crippen LogP contribution in [-0.2, 0) is 9.53 Å². The number of benzene rings is 2. The fourth-order valence-corrected chi connectivity index (χ4v) is 3.01. The van der Waals surface area contributed by atoms with Gasteiger partial charge in [-0.25, -0.2) is 4.98 Å². The van der Waals surface area contributed by atoms with E-state index in [1.807, 2.05) is 39.0 Å². The summed E-state index contributed by atoms with van der Waals surface area (Å²) >= 11 is 0. The van der Waals surface area contributed by atoms with Crippen LogP contribution in [0.3, 0.4) is 0 Å². The minimum atomic E-state index is -0.118. The van der Waals surface area contributed by atoms with Gasteiger partial charge in [0.25, 0.3) is 0 Å². The number of hydrogen-bond acceptors (Lipinski definition) is 5. The van der Waals surface area contributed by atoms with Gasteiger partial charge in [-0.15, -0.1) is 0 Å². The lowest BCUT2D eigenvalue weighted by Gasteiger charge is -2.08. The van der Waals surface area contributed by atoms with Crippen LogP contribution < -0.4 is 4.74 Å². The van der Waals surface area contributed by atoms with Crippen molar-refractivity contribution in [3.8, 4) is 17.2 Å². The molecule has 5 heteroatoms. The summed E-state index contributed by atoms with van der Waals surface area (Å²) in [5, 5.41) is 2.23. The fraction of sp³-hybridized carbons (Fsp3) is 0.391. The number of esters is 1. The predicted octanol–water partition coefficient (Wildman–Crippen LogP) is 5.61. The highest BCUT2D eigenvalue weighted by Crippen LogP contribution is 2.27. The summed E-state index contributed by atoms with van der Waals surface area (Å²) in [5.74, 6) is 2.24. The van der Waals surface area contributed by atoms with Gasteiger partial charge in [0.2, 0.25) is 5.89 Å². The van der Waals surface area contributed by atoms with E-state index in [0.717, 1.165) is 52.8 Å². The Morgan fingerprint density at radius 3 is 2.57 bits per heavy atom. The Morgan fingerprint density at radius 1 is 1.04 bits per heavy atom. The Morgan fingerprint density at radius 2 is 1.82 bits per heavy atom. The van der Waals surface area contributed by atoms with Crippen molar-refractivity contribution in [2.24, 2.45) is 0 Å². The summed E-state index contributed by atoms with van der Waals surface area (Å²) < 4.78 is 16.5. The van der Waals surface area contributed by atoms with E-state index >= 15 is 0 Å². The van der Waals surface area contributed by atoms with Gasteiger partial charge >= 0.3 is 5.97 Å². The Bertz CT molecular complexity index is 925. The van der Waals surface area contributed by atoms with Gasteiger partial charge < -0.3 is 13.9 Å². The van der Waals surface area contributed by atoms with Gasteiger partial charge in [0, 0.05) is 12.0 Å². The minimum Gasteiger partial charge on any atom is -0.494 e. The summed E-state index contributed by atoms with van der Waals surface area (Å²) in [6, 6.07) is 12.2. The number of hydrogen-bond donors (Lipinski definition) is 0. The van der Waals surface area contributed by atoms with Crippen molar-refractivity contribution in [3.05, 3.63) is 47.9 Å². The molecule has 148 valence electrons. The second-order valence-electron chi connectivity index (χ2n) is 6.85. The minimum absolute atomic E-state index is 0.118. The number of oxazole rings is 1. The number of aryl methyl sites for hydroxylation is 2. The van der Waals surface area contributed by atoms with Crippen molar-refractivity contribution in [1.29, 1.82) is 0 Å². The van der Waals surface area contributed by atoms with E-state index < -0.39 is 0 Å². The molecule has 0 amide bonds. The maximum atomic E-state index is 11.3. The van der Waals surface area contributed by atoms with Crippen molar-refractivity contribution >= 4 is 16.7 Å². The molecule has 2 aromatic carbocycles. The van der Waals surface area contributed by atoms with Gasteiger partial charge in [0.15, 0.2) is 0 Å². The molecule has 1 heterocycles. The molecule has 0 fully saturated rings. The quantitative estimate of drug-likeness (QED) is 0.356. The first kappa shape index (κ1) is 19.9. The first-order valence-electron chi connectivity index (χ1n) is 9.83. The summed E-state index contributed by atoms with van der Waals surface area (Å²) in [6.45, 7) is 6.78. The lowest BCUT2D eigenvalue weighted by atomic mass is 10.1. The van der Waals surface area contributed by atoms with Crippen molar-refractivity contribution in [2.45, 2.75) is 46.5 Å². The van der Waals surface area contributed by atoms with E-state index in [9.17, 15) is 4.79 Å². The van der Waals surface area contributed by atoms with Gasteiger partial charge in [0.1, 0.15) is 11.5 Å². The first-order chi connectivity index (χ1) is 13.6. The smallest absolute Gasteiger partial charge is 0.305 e. The fourth-order valence-electron chi connectivity index (χ4n) is 3.01. The molecule has 0 aliphatic carbocycles. The molecular formula is C23H27NO4. The second kappa shape index (κ2) is 9.40. The Labute approximate surface area is 165 Å². The summed E-state index contributed by atoms with van der Waals surface area (Å²) in [4.78, 5) is 15.8. The lowest BCUT2D eigenvalue weighted by Crippen LogP contribution is -2.04. The molecule has 1 aromatic heterocycles. The number of carbonyl (C=O) groups is 1. The van der Waals surface area contributed by atoms with E-state index in [-0.39, 0.29) is 5.97 Å². The number of ether oxygens (including phenoxy) is 2. The zero-order valence-corrected chi connectivity index (χ0v) is 16.8. The van der Waals surface area contributed by atoms with E-state index in [1.165, 1.54) is 0 Å². The van der Waals surface area contributed by atoms with Crippen LogP contribution in [0.1, 0.15) is 44.1 Å². The van der Waals surface area contributed by atoms with Crippen LogP contribution in [0.15, 0.2) is 40.8 Å². The van der Waals surface area contributed by atoms with Gasteiger partial charge in [0.05, 0.1) is 18.9 Å². The lowest BCUT2D eigenvalue weighted by molar-refractivity contribution is -0.143. The Balaban J connectivity index is 1.53. The maximum Gasteiger partial charge on any atom is 0.305 e. The summed E-state index contributed by atoms with van der Waals surface area (Å²) in [7, 11) is 0. The number of rotatable bonds is 9. The van der Waals surface area contributed by atoms with E-state index in [2.05, 4.69) is 23.2 Å². The molecule has 5 nitrogen and oxygen atoms in total. The molecule has 0 bridgehead atoms. The summed E-state index contributed by atoms with van der Waals surface area (Å²) in [6.07, 6.45) is 3.18. The van der Waals surface area contributed by atoms with E-state index in [1.54, 1.807) is 0 Å². The standard InChI is InChI=1S/C23H27NO4/c1-4-26-22(25)8-6-5-7-13-27-21-12-11-18-14-20(10-9-19(18)15-21)23-24-16(2)17(3)28-23/h9-12,14-15H,4-8,13H2,1-3H3. The van der Waals surface area contributed by atoms with Crippen LogP contribution in [0.25, 0.3) is 22.2 Å². The van der Waals surface area contributed by atoms with Crippen molar-refractivity contribution in [1.82, 2.24) is 4.98 Å². The highest BCUT2D eigenvalue weighted by molar-refractivity contribution is 5.87. The monoisotopic (exact) mass is 381 g/mol. The third-order valence-corrected chi connectivity index (χ3v) is 4.69. The third kappa shape index (κ3) is 5.12. The normalized spacial score (nSPS) is 11.0. The topological polar surface area (TPSA) is 61.6 Å². The molecule has 0 spiro atoms. The average molecular weight is 381 g/mol. The number of aromatic nitrogens is 1. The van der Waals surface area contributed by atoms with Crippen LogP contribution in [0, 0.1) is 13.8 Å². The molecule has 0 N–H and O–H groups in total. The Kier molecular flexibility index (Phi) is 6.69. The third-order valence-electron chi connectivity index (χ3n) is 4.69. The summed E-state index contributed by atoms with van der Waals surface area (Å²) in [5.41, 5.74) is 1.89. The number of carbonyl (C=O) groups excluding carboxylic acids is 1. The molecule has 0 saturated heterocycles. The van der Waals surface area contributed by atoms with Gasteiger partial charge in [-0.05, 0) is 75.1 Å². The molecule has 28 heavy (non-hydrogen) atoms. The van der Waals surface area contributed by atoms with Crippen LogP contribution in [0.2, 0.25) is 0 Å². The SMILES string of the molecule is CCOC(=O)CCCCCOc1ccc2cc(-c3nc(C)c(C)o3)ccc2c1. The zero-order chi connectivity index (χ0) is 19.9. The van der Waals surface area contributed by atoms with Crippen LogP contribution in [-0.4, -0.2) is 24.2 Å². The maximum absolute atomic E-state index is 11.3. The highest BCUT2D eigenvalue weighted by Gasteiger charge is 2.09. The highest BCUT2D eigenvalue weighted by atomic mass is 16.5. The van der Waals surface area contributed by atoms with E-state index in [0.29, 0.717) is 25.5 Å². The average Bonchev–Trinajstić information content (AvgIpc) is 3.03. The number of nitrogens with zero attached hydrogens (tertiary/aromatic N) is 1. The van der Waals surface area contributed by atoms with Crippen molar-refractivity contribution in [2.75, 3.05) is 13.2 Å². The molecule has 0 aliphatic heterocycles. The molecule has 0 atom stereocenters. The first-order valence-corrected chi connectivity index (χ1v) is 9.83. The van der Waals surface area contributed by atoms with Crippen LogP contribution in [0.4, 0.5) is 0 Å². The van der Waals surface area contributed by atoms with Gasteiger partial charge in [-0.2, -0.15) is 0 Å². The largest absolute Gasteiger partial charge is 0.494 e. The molecule has 0 radical (unpaired) electrons. The van der Waals surface area contributed by atoms with Crippen molar-refractivity contribution < 1.29 is 18.7 Å². The number of unbranched alkanes of at least 4 members (excludes halogenated alkanes) is 2. The molecule has 0 saturated carbocycles. The number of fused-ring (bicyclic) bond motifs is 1. The molecule has 0 unspecified atom stereocenters. The van der Waals surface area contributed by atoms with Gasteiger partial charge in [-0.3, -0.25) is 4.79 Å². The predicted molar refractivity (Wildman–Crippen MR) is 110 cm³/mol. The van der Waals surface area contributed by atoms with E-state index in [4.69, 9.17) is 13.9 Å². The molecular weight excluding hydrogens is 354 g/mol. The zero-order valence-electron chi connectivity index (χ0n) is 16.8. The Hall–Kier alpha value is -2.82.